The lowest BCUT2D eigenvalue weighted by atomic mass is 10.3. The average molecular weight is 212 g/mol. The van der Waals surface area contributed by atoms with Gasteiger partial charge in [-0.3, -0.25) is 10.1 Å². The Labute approximate surface area is 88.6 Å². The van der Waals surface area contributed by atoms with Crippen molar-refractivity contribution in [1.29, 1.82) is 0 Å². The monoisotopic (exact) mass is 212 g/mol. The van der Waals surface area contributed by atoms with Crippen LogP contribution >= 0.6 is 0 Å². The zero-order valence-electron chi connectivity index (χ0n) is 9.23. The Bertz CT molecular complexity index is 324. The number of aromatic nitrogens is 3. The minimum absolute atomic E-state index is 0.280. The van der Waals surface area contributed by atoms with Crippen LogP contribution in [0, 0.1) is 0 Å². The van der Waals surface area contributed by atoms with Crippen LogP contribution in [0.15, 0.2) is 6.33 Å². The van der Waals surface area contributed by atoms with Crippen LogP contribution in [0.5, 0.6) is 0 Å². The summed E-state index contributed by atoms with van der Waals surface area (Å²) in [7, 11) is 1.37. The van der Waals surface area contributed by atoms with Crippen LogP contribution < -0.4 is 5.32 Å². The molecule has 0 aliphatic rings. The molecule has 0 aliphatic carbocycles. The Morgan fingerprint density at radius 2 is 2.47 bits per heavy atom. The van der Waals surface area contributed by atoms with E-state index < -0.39 is 0 Å². The zero-order valence-corrected chi connectivity index (χ0v) is 9.23. The van der Waals surface area contributed by atoms with Crippen LogP contribution in [0.3, 0.4) is 0 Å². The van der Waals surface area contributed by atoms with Crippen LogP contribution in [-0.4, -0.2) is 33.9 Å². The Balaban J connectivity index is 2.46. The molecule has 1 heterocycles. The second kappa shape index (κ2) is 5.45. The highest BCUT2D eigenvalue weighted by Crippen LogP contribution is 1.95. The van der Waals surface area contributed by atoms with Crippen LogP contribution in [0.4, 0.5) is 0 Å². The first-order valence-corrected chi connectivity index (χ1v) is 4.87. The van der Waals surface area contributed by atoms with E-state index in [-0.39, 0.29) is 12.0 Å². The van der Waals surface area contributed by atoms with E-state index in [2.05, 4.69) is 20.1 Å². The van der Waals surface area contributed by atoms with Gasteiger partial charge in [-0.05, 0) is 13.8 Å². The predicted molar refractivity (Wildman–Crippen MR) is 54.0 cm³/mol. The number of carbonyl (C=O) groups excluding carboxylic acids is 1. The van der Waals surface area contributed by atoms with Crippen molar-refractivity contribution in [2.45, 2.75) is 33.0 Å². The lowest BCUT2D eigenvalue weighted by molar-refractivity contribution is -0.142. The molecule has 6 nitrogen and oxygen atoms in total. The number of ether oxygens (including phenoxy) is 1. The van der Waals surface area contributed by atoms with Gasteiger partial charge in [0.25, 0.3) is 0 Å². The number of esters is 1. The summed E-state index contributed by atoms with van der Waals surface area (Å²) < 4.78 is 6.37. The largest absolute Gasteiger partial charge is 0.468 e. The van der Waals surface area contributed by atoms with Gasteiger partial charge >= 0.3 is 5.97 Å². The highest BCUT2D eigenvalue weighted by atomic mass is 16.5. The fourth-order valence-corrected chi connectivity index (χ4v) is 1.19. The molecule has 1 N–H and O–H groups in total. The molecule has 0 fully saturated rings. The zero-order chi connectivity index (χ0) is 11.3. The average Bonchev–Trinajstić information content (AvgIpc) is 2.71. The van der Waals surface area contributed by atoms with E-state index >= 15 is 0 Å². The number of aryl methyl sites for hydroxylation is 1. The van der Waals surface area contributed by atoms with Gasteiger partial charge in [0.15, 0.2) is 0 Å². The Hall–Kier alpha value is -1.43. The van der Waals surface area contributed by atoms with Gasteiger partial charge in [-0.1, -0.05) is 0 Å². The van der Waals surface area contributed by atoms with E-state index in [9.17, 15) is 4.79 Å². The maximum atomic E-state index is 11.1. The number of rotatable bonds is 5. The van der Waals surface area contributed by atoms with Crippen molar-refractivity contribution in [3.63, 3.8) is 0 Å². The highest BCUT2D eigenvalue weighted by Gasteiger charge is 2.13. The molecule has 0 aliphatic heterocycles. The summed E-state index contributed by atoms with van der Waals surface area (Å²) in [5, 5.41) is 7.04. The molecule has 15 heavy (non-hydrogen) atoms. The summed E-state index contributed by atoms with van der Waals surface area (Å²) >= 11 is 0. The smallest absolute Gasteiger partial charge is 0.322 e. The van der Waals surface area contributed by atoms with Gasteiger partial charge in [0.05, 0.1) is 13.7 Å². The maximum Gasteiger partial charge on any atom is 0.322 e. The molecule has 0 saturated carbocycles. The molecular formula is C9H16N4O2. The molecule has 0 aromatic carbocycles. The fourth-order valence-electron chi connectivity index (χ4n) is 1.19. The van der Waals surface area contributed by atoms with Crippen LogP contribution in [0.2, 0.25) is 0 Å². The summed E-state index contributed by atoms with van der Waals surface area (Å²) in [6.45, 7) is 5.01. The molecule has 1 rings (SSSR count). The summed E-state index contributed by atoms with van der Waals surface area (Å²) in [5.41, 5.74) is 0. The van der Waals surface area contributed by atoms with Gasteiger partial charge in [0.1, 0.15) is 18.2 Å². The Kier molecular flexibility index (Phi) is 4.23. The van der Waals surface area contributed by atoms with E-state index in [0.717, 1.165) is 12.4 Å². The number of nitrogens with zero attached hydrogens (tertiary/aromatic N) is 3. The number of hydrogen-bond acceptors (Lipinski definition) is 5. The van der Waals surface area contributed by atoms with Crippen molar-refractivity contribution >= 4 is 5.97 Å². The van der Waals surface area contributed by atoms with E-state index in [1.54, 1.807) is 11.6 Å². The molecule has 0 amide bonds. The number of carbonyl (C=O) groups is 1. The van der Waals surface area contributed by atoms with Gasteiger partial charge in [0.2, 0.25) is 0 Å². The first kappa shape index (κ1) is 11.6. The van der Waals surface area contributed by atoms with Crippen molar-refractivity contribution in [3.8, 4) is 0 Å². The molecule has 0 spiro atoms. The molecule has 0 bridgehead atoms. The number of nitrogens with one attached hydrogen (secondary N) is 1. The van der Waals surface area contributed by atoms with E-state index in [0.29, 0.717) is 6.54 Å². The van der Waals surface area contributed by atoms with E-state index in [1.165, 1.54) is 13.4 Å². The Morgan fingerprint density at radius 1 is 1.73 bits per heavy atom. The van der Waals surface area contributed by atoms with Gasteiger partial charge in [-0.15, -0.1) is 0 Å². The third-order valence-corrected chi connectivity index (χ3v) is 2.12. The lowest BCUT2D eigenvalue weighted by Gasteiger charge is -2.10. The summed E-state index contributed by atoms with van der Waals surface area (Å²) in [4.78, 5) is 15.2. The molecule has 1 atom stereocenters. The normalized spacial score (nSPS) is 12.5. The van der Waals surface area contributed by atoms with Gasteiger partial charge in [-0.25, -0.2) is 9.67 Å². The summed E-state index contributed by atoms with van der Waals surface area (Å²) in [6, 6.07) is -0.336. The SMILES string of the molecule is CCn1ncnc1CNC(C)C(=O)OC. The highest BCUT2D eigenvalue weighted by molar-refractivity contribution is 5.74. The molecule has 6 heteroatoms. The molecule has 84 valence electrons. The first-order valence-electron chi connectivity index (χ1n) is 4.87. The number of hydrogen-bond donors (Lipinski definition) is 1. The van der Waals surface area contributed by atoms with Crippen molar-refractivity contribution in [2.24, 2.45) is 0 Å². The maximum absolute atomic E-state index is 11.1. The first-order chi connectivity index (χ1) is 7.19. The predicted octanol–water partition coefficient (Wildman–Crippen LogP) is -0.0509. The quantitative estimate of drug-likeness (QED) is 0.693. The van der Waals surface area contributed by atoms with E-state index in [4.69, 9.17) is 0 Å². The van der Waals surface area contributed by atoms with E-state index in [1.807, 2.05) is 6.92 Å². The van der Waals surface area contributed by atoms with Crippen molar-refractivity contribution in [1.82, 2.24) is 20.1 Å². The van der Waals surface area contributed by atoms with Crippen LogP contribution in [0.1, 0.15) is 19.7 Å². The molecule has 1 aromatic heterocycles. The number of methoxy groups -OCH3 is 1. The minimum atomic E-state index is -0.336. The summed E-state index contributed by atoms with van der Waals surface area (Å²) in [5.74, 6) is 0.533. The molecule has 0 saturated heterocycles. The standard InChI is InChI=1S/C9H16N4O2/c1-4-13-8(11-6-12-13)5-10-7(2)9(14)15-3/h6-7,10H,4-5H2,1-3H3. The van der Waals surface area contributed by atoms with Crippen molar-refractivity contribution < 1.29 is 9.53 Å². The molecule has 1 unspecified atom stereocenters. The molecular weight excluding hydrogens is 196 g/mol. The molecule has 1 aromatic rings. The van der Waals surface area contributed by atoms with Crippen LogP contribution in [0.25, 0.3) is 0 Å². The summed E-state index contributed by atoms with van der Waals surface area (Å²) in [6.07, 6.45) is 1.50. The second-order valence-electron chi connectivity index (χ2n) is 3.12. The lowest BCUT2D eigenvalue weighted by Crippen LogP contribution is -2.35. The third-order valence-electron chi connectivity index (χ3n) is 2.12. The third kappa shape index (κ3) is 3.02. The Morgan fingerprint density at radius 3 is 3.07 bits per heavy atom. The van der Waals surface area contributed by atoms with Crippen molar-refractivity contribution in [3.05, 3.63) is 12.2 Å². The minimum Gasteiger partial charge on any atom is -0.468 e. The van der Waals surface area contributed by atoms with Gasteiger partial charge < -0.3 is 4.74 Å². The fraction of sp³-hybridized carbons (Fsp3) is 0.667. The van der Waals surface area contributed by atoms with Gasteiger partial charge in [-0.2, -0.15) is 5.10 Å². The second-order valence-corrected chi connectivity index (χ2v) is 3.12. The topological polar surface area (TPSA) is 69.0 Å². The van der Waals surface area contributed by atoms with Crippen molar-refractivity contribution in [2.75, 3.05) is 7.11 Å². The van der Waals surface area contributed by atoms with Crippen LogP contribution in [-0.2, 0) is 22.6 Å². The molecule has 0 radical (unpaired) electrons. The van der Waals surface area contributed by atoms with Gasteiger partial charge in [0, 0.05) is 6.54 Å².